The maximum absolute atomic E-state index is 13.6. The number of phenols is 1. The Kier molecular flexibility index (Phi) is 14.1. The Labute approximate surface area is 256 Å². The topological polar surface area (TPSA) is 139 Å². The highest BCUT2D eigenvalue weighted by Crippen LogP contribution is 2.17. The van der Waals surface area contributed by atoms with Crippen LogP contribution in [0.5, 0.6) is 5.75 Å². The highest BCUT2D eigenvalue weighted by atomic mass is 32.2. The first-order valence-electron chi connectivity index (χ1n) is 14.6. The van der Waals surface area contributed by atoms with Crippen LogP contribution in [0.2, 0.25) is 0 Å². The number of carbonyl (C=O) groups is 2. The molecule has 2 unspecified atom stereocenters. The van der Waals surface area contributed by atoms with Crippen LogP contribution < -0.4 is 10.1 Å². The second kappa shape index (κ2) is 17.0. The Morgan fingerprint density at radius 1 is 1.00 bits per heavy atom. The van der Waals surface area contributed by atoms with Gasteiger partial charge in [0, 0.05) is 43.4 Å². The van der Waals surface area contributed by atoms with Crippen LogP contribution in [0, 0.1) is 17.8 Å². The molecule has 0 fully saturated rings. The Hall–Kier alpha value is -3.43. The third-order valence-corrected chi connectivity index (χ3v) is 8.16. The van der Waals surface area contributed by atoms with Crippen LogP contribution in [-0.4, -0.2) is 84.9 Å². The molecule has 0 saturated carbocycles. The van der Waals surface area contributed by atoms with Crippen LogP contribution >= 0.6 is 0 Å². The van der Waals surface area contributed by atoms with Gasteiger partial charge in [-0.3, -0.25) is 9.59 Å². The average molecular weight is 615 g/mol. The molecular weight excluding hydrogens is 568 g/mol. The summed E-state index contributed by atoms with van der Waals surface area (Å²) >= 11 is 0. The lowest BCUT2D eigenvalue weighted by atomic mass is 9.99. The van der Waals surface area contributed by atoms with Gasteiger partial charge in [0.1, 0.15) is 5.75 Å². The molecule has 0 saturated heterocycles. The van der Waals surface area contributed by atoms with Crippen molar-refractivity contribution in [3.05, 3.63) is 64.7 Å². The van der Waals surface area contributed by atoms with E-state index in [0.717, 1.165) is 18.4 Å². The summed E-state index contributed by atoms with van der Waals surface area (Å²) in [7, 11) is -2.12. The first-order chi connectivity index (χ1) is 20.3. The smallest absolute Gasteiger partial charge is 0.253 e. The average Bonchev–Trinajstić information content (AvgIpc) is 2.92. The molecule has 236 valence electrons. The van der Waals surface area contributed by atoms with Gasteiger partial charge < -0.3 is 20.4 Å². The zero-order chi connectivity index (χ0) is 32.2. The van der Waals surface area contributed by atoms with Gasteiger partial charge in [0.25, 0.3) is 11.8 Å². The monoisotopic (exact) mass is 614 g/mol. The lowest BCUT2D eigenvalue weighted by Gasteiger charge is -2.28. The Bertz CT molecular complexity index is 1380. The van der Waals surface area contributed by atoms with Crippen molar-refractivity contribution < 1.29 is 28.2 Å². The molecule has 2 aromatic carbocycles. The van der Waals surface area contributed by atoms with Crippen molar-refractivity contribution in [1.82, 2.24) is 20.1 Å². The fourth-order valence-corrected chi connectivity index (χ4v) is 6.22. The molecule has 0 bridgehead atoms. The minimum Gasteiger partial charge on any atom is -0.508 e. The molecule has 43 heavy (non-hydrogen) atoms. The predicted molar refractivity (Wildman–Crippen MR) is 169 cm³/mol. The van der Waals surface area contributed by atoms with E-state index in [1.54, 1.807) is 49.9 Å². The quantitative estimate of drug-likeness (QED) is 0.168. The molecule has 2 rings (SSSR count). The van der Waals surface area contributed by atoms with E-state index in [0.29, 0.717) is 24.2 Å². The van der Waals surface area contributed by atoms with Crippen molar-refractivity contribution in [2.45, 2.75) is 66.0 Å². The number of benzene rings is 2. The van der Waals surface area contributed by atoms with Gasteiger partial charge in [-0.15, -0.1) is 10.8 Å². The third-order valence-electron chi connectivity index (χ3n) is 6.47. The number of nitrogens with zero attached hydrogens (tertiary/aromatic N) is 2. The minimum atomic E-state index is -3.62. The summed E-state index contributed by atoms with van der Waals surface area (Å²) in [5, 5.41) is 25.1. The summed E-state index contributed by atoms with van der Waals surface area (Å²) < 4.78 is 24.8. The number of nitrogens with one attached hydrogen (secondary N) is 2. The molecule has 2 atom stereocenters. The number of hydrogen-bond acceptors (Lipinski definition) is 7. The first-order valence-corrected chi connectivity index (χ1v) is 16.3. The summed E-state index contributed by atoms with van der Waals surface area (Å²) in [5.74, 6) is 4.97. The van der Waals surface area contributed by atoms with Crippen LogP contribution in [0.1, 0.15) is 79.3 Å². The molecule has 0 heterocycles. The molecular formula is C32H46N4O6S. The lowest BCUT2D eigenvalue weighted by molar-refractivity contribution is 0.0687. The van der Waals surface area contributed by atoms with Crippen LogP contribution in [0.15, 0.2) is 42.5 Å². The highest BCUT2D eigenvalue weighted by molar-refractivity contribution is 7.89. The first kappa shape index (κ1) is 35.8. The normalized spacial score (nSPS) is 12.9. The number of phenolic OH excluding ortho intramolecular Hbond substituents is 1. The molecule has 0 aliphatic heterocycles. The van der Waals surface area contributed by atoms with Gasteiger partial charge in [0.15, 0.2) is 0 Å². The molecule has 4 N–H and O–H groups in total. The summed E-state index contributed by atoms with van der Waals surface area (Å²) in [4.78, 5) is 31.2. The Morgan fingerprint density at radius 3 is 2.16 bits per heavy atom. The molecule has 2 amide bonds. The number of aromatic hydroxyl groups is 1. The van der Waals surface area contributed by atoms with Crippen molar-refractivity contribution in [3.63, 3.8) is 0 Å². The SMILES string of the molecule is CC#Cc1cc(C(=O)NC(Cc2ccc(O)cc2)C(O)CN(C)NS(=O)(=O)CC(C)C)cc(C(=O)N(CCC)CCC)c1. The van der Waals surface area contributed by atoms with E-state index in [4.69, 9.17) is 0 Å². The number of rotatable bonds is 16. The van der Waals surface area contributed by atoms with Crippen LogP contribution in [-0.2, 0) is 16.4 Å². The number of hydrazine groups is 1. The number of hydrogen-bond donors (Lipinski definition) is 4. The van der Waals surface area contributed by atoms with Crippen LogP contribution in [0.25, 0.3) is 0 Å². The van der Waals surface area contributed by atoms with Crippen LogP contribution in [0.4, 0.5) is 0 Å². The summed E-state index contributed by atoms with van der Waals surface area (Å²) in [5.41, 5.74) is 1.82. The van der Waals surface area contributed by atoms with Gasteiger partial charge in [-0.1, -0.05) is 45.7 Å². The maximum Gasteiger partial charge on any atom is 0.253 e. The largest absolute Gasteiger partial charge is 0.508 e. The van der Waals surface area contributed by atoms with Crippen LogP contribution in [0.3, 0.4) is 0 Å². The number of aliphatic hydroxyl groups is 1. The Balaban J connectivity index is 2.38. The van der Waals surface area contributed by atoms with Gasteiger partial charge in [-0.25, -0.2) is 13.4 Å². The number of amides is 2. The second-order valence-corrected chi connectivity index (χ2v) is 12.9. The highest BCUT2D eigenvalue weighted by Gasteiger charge is 2.26. The van der Waals surface area contributed by atoms with E-state index >= 15 is 0 Å². The predicted octanol–water partition coefficient (Wildman–Crippen LogP) is 3.15. The van der Waals surface area contributed by atoms with E-state index in [1.165, 1.54) is 30.3 Å². The molecule has 0 aliphatic rings. The van der Waals surface area contributed by atoms with Gasteiger partial charge in [0.2, 0.25) is 10.0 Å². The van der Waals surface area contributed by atoms with E-state index in [1.807, 2.05) is 13.8 Å². The zero-order valence-corrected chi connectivity index (χ0v) is 26.9. The molecule has 11 heteroatoms. The summed E-state index contributed by atoms with van der Waals surface area (Å²) in [6.45, 7) is 10.3. The fraction of sp³-hybridized carbons (Fsp3) is 0.500. The molecule has 2 aromatic rings. The summed E-state index contributed by atoms with van der Waals surface area (Å²) in [6.07, 6.45) is 0.605. The van der Waals surface area contributed by atoms with E-state index in [-0.39, 0.29) is 41.9 Å². The summed E-state index contributed by atoms with van der Waals surface area (Å²) in [6, 6.07) is 10.4. The van der Waals surface area contributed by atoms with Crippen molar-refractivity contribution in [2.24, 2.45) is 5.92 Å². The van der Waals surface area contributed by atoms with E-state index in [9.17, 15) is 28.2 Å². The van der Waals surface area contributed by atoms with Gasteiger partial charge in [-0.05, 0) is 68.0 Å². The Morgan fingerprint density at radius 2 is 1.60 bits per heavy atom. The molecule has 10 nitrogen and oxygen atoms in total. The molecule has 0 radical (unpaired) electrons. The van der Waals surface area contributed by atoms with Crippen molar-refractivity contribution in [3.8, 4) is 17.6 Å². The molecule has 0 aliphatic carbocycles. The third kappa shape index (κ3) is 12.0. The lowest BCUT2D eigenvalue weighted by Crippen LogP contribution is -2.52. The van der Waals surface area contributed by atoms with Gasteiger partial charge in [-0.2, -0.15) is 0 Å². The van der Waals surface area contributed by atoms with Gasteiger partial charge >= 0.3 is 0 Å². The van der Waals surface area contributed by atoms with Crippen molar-refractivity contribution in [1.29, 1.82) is 0 Å². The van der Waals surface area contributed by atoms with Crippen molar-refractivity contribution in [2.75, 3.05) is 32.4 Å². The van der Waals surface area contributed by atoms with Gasteiger partial charge in [0.05, 0.1) is 17.9 Å². The number of likely N-dealkylation sites (N-methyl/N-ethyl adjacent to an activating group) is 1. The fourth-order valence-electron chi connectivity index (χ4n) is 4.72. The molecule has 0 spiro atoms. The molecule has 0 aromatic heterocycles. The minimum absolute atomic E-state index is 0.0763. The number of sulfonamides is 1. The number of carbonyl (C=O) groups excluding carboxylic acids is 2. The zero-order valence-electron chi connectivity index (χ0n) is 26.1. The van der Waals surface area contributed by atoms with E-state index in [2.05, 4.69) is 22.0 Å². The maximum atomic E-state index is 13.6. The van der Waals surface area contributed by atoms with Crippen molar-refractivity contribution >= 4 is 21.8 Å². The number of aliphatic hydroxyl groups excluding tert-OH is 1. The van der Waals surface area contributed by atoms with E-state index < -0.39 is 28.1 Å². The standard InChI is InChI=1S/C32H46N4O6S/c1-7-10-25-17-26(20-27(18-25)32(40)36(15-8-2)16-9-3)31(39)33-29(19-24-11-13-28(37)14-12-24)30(38)21-35(6)34-43(41,42)22-23(4)5/h11-14,17-18,20,23,29-30,34,37-38H,8-9,15-16,19,21-22H2,1-6H3,(H,33,39). The second-order valence-electron chi connectivity index (χ2n) is 11.1.